The van der Waals surface area contributed by atoms with Gasteiger partial charge in [0.2, 0.25) is 11.8 Å². The molecule has 0 fully saturated rings. The van der Waals surface area contributed by atoms with Crippen LogP contribution in [0.3, 0.4) is 0 Å². The molecule has 0 spiro atoms. The monoisotopic (exact) mass is 443 g/mol. The predicted octanol–water partition coefficient (Wildman–Crippen LogP) is 1.80. The molecule has 0 saturated heterocycles. The van der Waals surface area contributed by atoms with Crippen molar-refractivity contribution in [1.29, 1.82) is 0 Å². The Balaban J connectivity index is 1.56. The van der Waals surface area contributed by atoms with Crippen molar-refractivity contribution >= 4 is 29.3 Å². The van der Waals surface area contributed by atoms with Crippen LogP contribution in [0.4, 0.5) is 5.82 Å². The third kappa shape index (κ3) is 4.06. The summed E-state index contributed by atoms with van der Waals surface area (Å²) in [4.78, 5) is 9.67. The van der Waals surface area contributed by atoms with Crippen molar-refractivity contribution < 1.29 is 14.8 Å². The van der Waals surface area contributed by atoms with E-state index >= 15 is 0 Å². The maximum Gasteiger partial charge on any atom is 0.488 e. The highest BCUT2D eigenvalue weighted by atomic mass is 16.5. The Morgan fingerprint density at radius 1 is 1.15 bits per heavy atom. The molecule has 168 valence electrons. The van der Waals surface area contributed by atoms with Crippen LogP contribution >= 0.6 is 0 Å². The van der Waals surface area contributed by atoms with E-state index < -0.39 is 7.12 Å². The third-order valence-electron chi connectivity index (χ3n) is 6.02. The minimum Gasteiger partial charge on any atom is -0.477 e. The van der Waals surface area contributed by atoms with Crippen molar-refractivity contribution in [2.75, 3.05) is 11.9 Å². The summed E-state index contributed by atoms with van der Waals surface area (Å²) < 4.78 is 7.94. The number of rotatable bonds is 6. The number of nitrogens with two attached hydrogens (primary N) is 1. The zero-order chi connectivity index (χ0) is 22.9. The quantitative estimate of drug-likeness (QED) is 0.336. The summed E-state index contributed by atoms with van der Waals surface area (Å²) in [5.41, 5.74) is 11.4. The summed E-state index contributed by atoms with van der Waals surface area (Å²) in [7, 11) is -1.50. The SMILES string of the molecule is Cc1cc2c(CN)cccc2n1-c1nc(NCc2cccc(B(O)O)c2)c2c(n1)OCCC2. The topological polar surface area (TPSA) is 118 Å². The molecule has 8 nitrogen and oxygen atoms in total. The first-order chi connectivity index (χ1) is 16.0. The molecule has 0 saturated carbocycles. The molecule has 2 aromatic carbocycles. The molecule has 33 heavy (non-hydrogen) atoms. The lowest BCUT2D eigenvalue weighted by molar-refractivity contribution is 0.275. The molecule has 5 rings (SSSR count). The number of hydrogen-bond donors (Lipinski definition) is 4. The van der Waals surface area contributed by atoms with Crippen LogP contribution in [0, 0.1) is 6.92 Å². The number of fused-ring (bicyclic) bond motifs is 2. The largest absolute Gasteiger partial charge is 0.488 e. The van der Waals surface area contributed by atoms with E-state index in [1.165, 1.54) is 0 Å². The van der Waals surface area contributed by atoms with Gasteiger partial charge in [0.15, 0.2) is 0 Å². The van der Waals surface area contributed by atoms with E-state index in [9.17, 15) is 10.0 Å². The molecule has 1 aliphatic rings. The van der Waals surface area contributed by atoms with Crippen LogP contribution in [-0.2, 0) is 19.5 Å². The molecule has 5 N–H and O–H groups in total. The number of anilines is 1. The van der Waals surface area contributed by atoms with E-state index in [4.69, 9.17) is 20.4 Å². The van der Waals surface area contributed by atoms with Gasteiger partial charge in [-0.3, -0.25) is 4.57 Å². The van der Waals surface area contributed by atoms with Crippen molar-refractivity contribution in [2.45, 2.75) is 32.9 Å². The van der Waals surface area contributed by atoms with E-state index in [1.807, 2.05) is 35.8 Å². The van der Waals surface area contributed by atoms with Gasteiger partial charge in [0.05, 0.1) is 17.7 Å². The van der Waals surface area contributed by atoms with Crippen LogP contribution in [0.5, 0.6) is 5.88 Å². The number of aryl methyl sites for hydroxylation is 1. The summed E-state index contributed by atoms with van der Waals surface area (Å²) in [6.45, 7) is 3.60. The highest BCUT2D eigenvalue weighted by molar-refractivity contribution is 6.58. The lowest BCUT2D eigenvalue weighted by Crippen LogP contribution is -2.30. The average molecular weight is 443 g/mol. The van der Waals surface area contributed by atoms with Crippen LogP contribution in [0.25, 0.3) is 16.9 Å². The molecule has 1 aliphatic heterocycles. The van der Waals surface area contributed by atoms with Gasteiger partial charge in [0, 0.05) is 24.2 Å². The first-order valence-electron chi connectivity index (χ1n) is 11.1. The molecule has 4 aromatic rings. The first-order valence-corrected chi connectivity index (χ1v) is 11.1. The molecule has 0 amide bonds. The maximum atomic E-state index is 9.47. The van der Waals surface area contributed by atoms with E-state index in [2.05, 4.69) is 11.4 Å². The fourth-order valence-electron chi connectivity index (χ4n) is 4.38. The molecule has 0 atom stereocenters. The van der Waals surface area contributed by atoms with Crippen molar-refractivity contribution in [3.05, 3.63) is 70.9 Å². The summed E-state index contributed by atoms with van der Waals surface area (Å²) in [5, 5.41) is 23.5. The number of aromatic nitrogens is 3. The Labute approximate surface area is 192 Å². The second kappa shape index (κ2) is 8.86. The lowest BCUT2D eigenvalue weighted by Gasteiger charge is -2.21. The second-order valence-corrected chi connectivity index (χ2v) is 8.26. The molecule has 0 radical (unpaired) electrons. The fourth-order valence-corrected chi connectivity index (χ4v) is 4.38. The summed E-state index contributed by atoms with van der Waals surface area (Å²) in [6.07, 6.45) is 1.73. The maximum absolute atomic E-state index is 9.47. The van der Waals surface area contributed by atoms with Gasteiger partial charge in [-0.1, -0.05) is 36.4 Å². The smallest absolute Gasteiger partial charge is 0.477 e. The van der Waals surface area contributed by atoms with Gasteiger partial charge >= 0.3 is 7.12 Å². The van der Waals surface area contributed by atoms with E-state index in [0.29, 0.717) is 37.0 Å². The zero-order valence-electron chi connectivity index (χ0n) is 18.5. The highest BCUT2D eigenvalue weighted by Gasteiger charge is 2.22. The Morgan fingerprint density at radius 2 is 2.00 bits per heavy atom. The van der Waals surface area contributed by atoms with Crippen LogP contribution < -0.4 is 21.3 Å². The van der Waals surface area contributed by atoms with Crippen molar-refractivity contribution in [2.24, 2.45) is 5.73 Å². The molecule has 3 heterocycles. The first kappa shape index (κ1) is 21.5. The number of benzene rings is 2. The molecule has 0 bridgehead atoms. The average Bonchev–Trinajstić information content (AvgIpc) is 3.18. The number of nitrogens with zero attached hydrogens (tertiary/aromatic N) is 3. The Kier molecular flexibility index (Phi) is 5.76. The third-order valence-corrected chi connectivity index (χ3v) is 6.02. The van der Waals surface area contributed by atoms with E-state index in [0.717, 1.165) is 51.9 Å². The fraction of sp³-hybridized carbons (Fsp3) is 0.250. The lowest BCUT2D eigenvalue weighted by atomic mass is 9.79. The molecule has 0 aliphatic carbocycles. The number of ether oxygens (including phenoxy) is 1. The van der Waals surface area contributed by atoms with Crippen LogP contribution in [0.2, 0.25) is 0 Å². The minimum atomic E-state index is -1.50. The summed E-state index contributed by atoms with van der Waals surface area (Å²) >= 11 is 0. The predicted molar refractivity (Wildman–Crippen MR) is 129 cm³/mol. The highest BCUT2D eigenvalue weighted by Crippen LogP contribution is 2.32. The van der Waals surface area contributed by atoms with Gasteiger partial charge in [-0.25, -0.2) is 0 Å². The normalized spacial score (nSPS) is 13.0. The zero-order valence-corrected chi connectivity index (χ0v) is 18.5. The van der Waals surface area contributed by atoms with Crippen molar-refractivity contribution in [3.63, 3.8) is 0 Å². The van der Waals surface area contributed by atoms with Crippen LogP contribution in [0.1, 0.15) is 28.8 Å². The van der Waals surface area contributed by atoms with E-state index in [1.54, 1.807) is 18.2 Å². The van der Waals surface area contributed by atoms with Crippen molar-refractivity contribution in [1.82, 2.24) is 14.5 Å². The van der Waals surface area contributed by atoms with Gasteiger partial charge < -0.3 is 25.8 Å². The van der Waals surface area contributed by atoms with Gasteiger partial charge in [-0.15, -0.1) is 0 Å². The van der Waals surface area contributed by atoms with Gasteiger partial charge in [-0.05, 0) is 48.5 Å². The van der Waals surface area contributed by atoms with Gasteiger partial charge in [0.25, 0.3) is 0 Å². The van der Waals surface area contributed by atoms with Crippen LogP contribution in [-0.4, -0.2) is 38.3 Å². The van der Waals surface area contributed by atoms with Gasteiger partial charge in [-0.2, -0.15) is 9.97 Å². The van der Waals surface area contributed by atoms with Gasteiger partial charge in [0.1, 0.15) is 5.82 Å². The minimum absolute atomic E-state index is 0.452. The molecule has 9 heteroatoms. The van der Waals surface area contributed by atoms with Crippen LogP contribution in [0.15, 0.2) is 48.5 Å². The molecule has 2 aromatic heterocycles. The standard InChI is InChI=1S/C24H26BN5O3/c1-15-11-20-17(13-26)6-3-9-21(20)30(15)24-28-22(19-8-4-10-33-23(19)29-24)27-14-16-5-2-7-18(12-16)25(31)32/h2-3,5-7,9,11-12,31-32H,4,8,10,13-14,26H2,1H3,(H,27,28,29). The van der Waals surface area contributed by atoms with Crippen molar-refractivity contribution in [3.8, 4) is 11.8 Å². The Hall–Kier alpha value is -3.40. The number of nitrogens with one attached hydrogen (secondary N) is 1. The number of hydrogen-bond acceptors (Lipinski definition) is 7. The Morgan fingerprint density at radius 3 is 2.82 bits per heavy atom. The Bertz CT molecular complexity index is 1320. The molecular weight excluding hydrogens is 417 g/mol. The summed E-state index contributed by atoms with van der Waals surface area (Å²) in [5.74, 6) is 1.87. The second-order valence-electron chi connectivity index (χ2n) is 8.26. The summed E-state index contributed by atoms with van der Waals surface area (Å²) in [6, 6.07) is 15.4. The van der Waals surface area contributed by atoms with E-state index in [-0.39, 0.29) is 0 Å². The molecule has 0 unspecified atom stereocenters. The molecular formula is C24H26BN5O3.